The van der Waals surface area contributed by atoms with Crippen LogP contribution in [0.4, 0.5) is 11.4 Å². The summed E-state index contributed by atoms with van der Waals surface area (Å²) in [5.74, 6) is -0.319. The number of benzene rings is 2. The molecule has 0 atom stereocenters. The first-order valence-corrected chi connectivity index (χ1v) is 12.0. The van der Waals surface area contributed by atoms with Crippen molar-refractivity contribution in [2.24, 2.45) is 0 Å². The van der Waals surface area contributed by atoms with Crippen molar-refractivity contribution in [2.75, 3.05) is 36.4 Å². The summed E-state index contributed by atoms with van der Waals surface area (Å²) in [4.78, 5) is 34.2. The zero-order valence-electron chi connectivity index (χ0n) is 18.5. The lowest BCUT2D eigenvalue weighted by Crippen LogP contribution is -2.33. The molecule has 0 saturated carbocycles. The molecule has 2 aliphatic rings. The third kappa shape index (κ3) is 4.27. The molecule has 0 aliphatic carbocycles. The predicted molar refractivity (Wildman–Crippen MR) is 132 cm³/mol. The van der Waals surface area contributed by atoms with Crippen LogP contribution in [0.2, 0.25) is 5.02 Å². The highest BCUT2D eigenvalue weighted by molar-refractivity contribution is 6.31. The second-order valence-corrected chi connectivity index (χ2v) is 9.10. The van der Waals surface area contributed by atoms with Crippen LogP contribution in [0.3, 0.4) is 0 Å². The van der Waals surface area contributed by atoms with Crippen molar-refractivity contribution >= 4 is 45.7 Å². The highest BCUT2D eigenvalue weighted by atomic mass is 35.5. The summed E-state index contributed by atoms with van der Waals surface area (Å²) in [5.41, 5.74) is 3.90. The van der Waals surface area contributed by atoms with Crippen molar-refractivity contribution in [3.05, 3.63) is 64.8 Å². The second-order valence-electron chi connectivity index (χ2n) is 8.66. The van der Waals surface area contributed by atoms with Gasteiger partial charge in [0.2, 0.25) is 0 Å². The van der Waals surface area contributed by atoms with Crippen LogP contribution in [0.5, 0.6) is 0 Å². The normalized spacial score (nSPS) is 15.9. The summed E-state index contributed by atoms with van der Waals surface area (Å²) in [6.45, 7) is 3.06. The number of nitrogens with one attached hydrogen (secondary N) is 1. The fraction of sp³-hybridized carbons (Fsp3) is 0.346. The van der Waals surface area contributed by atoms with Crippen molar-refractivity contribution in [3.63, 3.8) is 0 Å². The van der Waals surface area contributed by atoms with Crippen molar-refractivity contribution in [1.82, 2.24) is 9.88 Å². The van der Waals surface area contributed by atoms with Gasteiger partial charge in [-0.3, -0.25) is 19.5 Å². The number of imide groups is 1. The maximum atomic E-state index is 13.2. The lowest BCUT2D eigenvalue weighted by Gasteiger charge is -2.30. The molecule has 2 aromatic carbocycles. The predicted octanol–water partition coefficient (Wildman–Crippen LogP) is 5.37. The molecule has 7 heteroatoms. The van der Waals surface area contributed by atoms with E-state index in [-0.39, 0.29) is 11.8 Å². The zero-order chi connectivity index (χ0) is 22.8. The Kier molecular flexibility index (Phi) is 6.18. The van der Waals surface area contributed by atoms with Crippen molar-refractivity contribution in [2.45, 2.75) is 32.1 Å². The number of hydrogen-bond donors (Lipinski definition) is 1. The fourth-order valence-corrected chi connectivity index (χ4v) is 4.98. The van der Waals surface area contributed by atoms with Gasteiger partial charge >= 0.3 is 0 Å². The number of rotatable bonds is 7. The SMILES string of the molecule is O=C1c2cccc(N3CCCCC3)c2C(=O)N1CCCCNc1ccnc2cc(Cl)ccc12. The standard InChI is InChI=1S/C26H27ClN4O2/c27-18-9-10-19-21(11-13-29-22(19)17-18)28-12-2-5-16-31-25(32)20-7-6-8-23(24(20)26(31)33)30-14-3-1-4-15-30/h6-11,13,17H,1-5,12,14-16H2,(H,28,29). The number of carbonyl (C=O) groups is 2. The van der Waals surface area contributed by atoms with Crippen LogP contribution in [0.15, 0.2) is 48.7 Å². The van der Waals surface area contributed by atoms with Crippen LogP contribution in [-0.4, -0.2) is 47.9 Å². The number of carbonyl (C=O) groups excluding carboxylic acids is 2. The van der Waals surface area contributed by atoms with E-state index in [4.69, 9.17) is 11.6 Å². The molecule has 6 nitrogen and oxygen atoms in total. The van der Waals surface area contributed by atoms with Gasteiger partial charge in [-0.1, -0.05) is 17.7 Å². The summed E-state index contributed by atoms with van der Waals surface area (Å²) < 4.78 is 0. The monoisotopic (exact) mass is 462 g/mol. The summed E-state index contributed by atoms with van der Waals surface area (Å²) in [7, 11) is 0. The number of aromatic nitrogens is 1. The van der Waals surface area contributed by atoms with E-state index in [1.54, 1.807) is 12.3 Å². The number of nitrogens with zero attached hydrogens (tertiary/aromatic N) is 3. The zero-order valence-corrected chi connectivity index (χ0v) is 19.3. The average molecular weight is 463 g/mol. The molecule has 3 aromatic rings. The van der Waals surface area contributed by atoms with Gasteiger partial charge in [-0.25, -0.2) is 0 Å². The molecular weight excluding hydrogens is 436 g/mol. The molecule has 1 fully saturated rings. The molecule has 0 spiro atoms. The molecule has 0 unspecified atom stereocenters. The third-order valence-corrected chi connectivity index (χ3v) is 6.74. The molecule has 1 N–H and O–H groups in total. The van der Waals surface area contributed by atoms with Crippen LogP contribution >= 0.6 is 11.6 Å². The van der Waals surface area contributed by atoms with Gasteiger partial charge in [-0.2, -0.15) is 0 Å². The van der Waals surface area contributed by atoms with Gasteiger partial charge in [-0.05, 0) is 68.5 Å². The molecule has 170 valence electrons. The summed E-state index contributed by atoms with van der Waals surface area (Å²) in [6.07, 6.45) is 6.82. The van der Waals surface area contributed by atoms with Crippen LogP contribution in [0.1, 0.15) is 52.8 Å². The Morgan fingerprint density at radius 2 is 1.82 bits per heavy atom. The number of anilines is 2. The summed E-state index contributed by atoms with van der Waals surface area (Å²) >= 11 is 6.07. The number of piperidine rings is 1. The maximum Gasteiger partial charge on any atom is 0.263 e. The van der Waals surface area contributed by atoms with Crippen molar-refractivity contribution in [3.8, 4) is 0 Å². The Morgan fingerprint density at radius 3 is 2.67 bits per heavy atom. The molecule has 0 bridgehead atoms. The van der Waals surface area contributed by atoms with Crippen molar-refractivity contribution in [1.29, 1.82) is 0 Å². The van der Waals surface area contributed by atoms with E-state index in [9.17, 15) is 9.59 Å². The van der Waals surface area contributed by atoms with Crippen LogP contribution in [-0.2, 0) is 0 Å². The average Bonchev–Trinajstić information content (AvgIpc) is 3.09. The number of halogens is 1. The van der Waals surface area contributed by atoms with E-state index < -0.39 is 0 Å². The molecule has 33 heavy (non-hydrogen) atoms. The van der Waals surface area contributed by atoms with Gasteiger partial charge in [0.1, 0.15) is 0 Å². The van der Waals surface area contributed by atoms with E-state index in [1.807, 2.05) is 36.4 Å². The number of pyridine rings is 1. The Labute approximate surface area is 198 Å². The Balaban J connectivity index is 1.20. The van der Waals surface area contributed by atoms with E-state index in [0.29, 0.717) is 22.7 Å². The van der Waals surface area contributed by atoms with E-state index in [1.165, 1.54) is 11.3 Å². The fourth-order valence-electron chi connectivity index (χ4n) is 4.81. The Bertz CT molecular complexity index is 1210. The third-order valence-electron chi connectivity index (χ3n) is 6.50. The number of amides is 2. The summed E-state index contributed by atoms with van der Waals surface area (Å²) in [5, 5.41) is 5.13. The van der Waals surface area contributed by atoms with Gasteiger partial charge in [0, 0.05) is 48.5 Å². The lowest BCUT2D eigenvalue weighted by atomic mass is 10.0. The minimum Gasteiger partial charge on any atom is -0.384 e. The van der Waals surface area contributed by atoms with Crippen LogP contribution in [0.25, 0.3) is 10.9 Å². The van der Waals surface area contributed by atoms with Crippen LogP contribution in [0, 0.1) is 0 Å². The molecule has 5 rings (SSSR count). The smallest absolute Gasteiger partial charge is 0.263 e. The highest BCUT2D eigenvalue weighted by Crippen LogP contribution is 2.33. The molecule has 2 aliphatic heterocycles. The Hall–Kier alpha value is -3.12. The summed E-state index contributed by atoms with van der Waals surface area (Å²) in [6, 6.07) is 13.3. The van der Waals surface area contributed by atoms with Gasteiger partial charge in [-0.15, -0.1) is 0 Å². The molecule has 1 aromatic heterocycles. The number of hydrogen-bond acceptors (Lipinski definition) is 5. The number of fused-ring (bicyclic) bond motifs is 2. The van der Waals surface area contributed by atoms with Gasteiger partial charge in [0.05, 0.1) is 22.3 Å². The van der Waals surface area contributed by atoms with E-state index in [0.717, 1.165) is 67.6 Å². The quantitative estimate of drug-likeness (QED) is 0.378. The van der Waals surface area contributed by atoms with E-state index >= 15 is 0 Å². The minimum atomic E-state index is -0.168. The molecular formula is C26H27ClN4O2. The lowest BCUT2D eigenvalue weighted by molar-refractivity contribution is 0.0652. The van der Waals surface area contributed by atoms with Gasteiger partial charge in [0.15, 0.2) is 0 Å². The van der Waals surface area contributed by atoms with Gasteiger partial charge in [0.25, 0.3) is 11.8 Å². The molecule has 0 radical (unpaired) electrons. The molecule has 3 heterocycles. The first kappa shape index (κ1) is 21.7. The Morgan fingerprint density at radius 1 is 0.970 bits per heavy atom. The molecule has 1 saturated heterocycles. The second kappa shape index (κ2) is 9.40. The van der Waals surface area contributed by atoms with Gasteiger partial charge < -0.3 is 10.2 Å². The molecule has 2 amide bonds. The number of unbranched alkanes of at least 4 members (excludes halogenated alkanes) is 1. The maximum absolute atomic E-state index is 13.2. The van der Waals surface area contributed by atoms with E-state index in [2.05, 4.69) is 15.2 Å². The first-order chi connectivity index (χ1) is 16.1. The highest BCUT2D eigenvalue weighted by Gasteiger charge is 2.38. The van der Waals surface area contributed by atoms with Crippen LogP contribution < -0.4 is 10.2 Å². The first-order valence-electron chi connectivity index (χ1n) is 11.7. The van der Waals surface area contributed by atoms with Crippen molar-refractivity contribution < 1.29 is 9.59 Å². The largest absolute Gasteiger partial charge is 0.384 e. The topological polar surface area (TPSA) is 65.5 Å². The minimum absolute atomic E-state index is 0.152.